The molecule has 0 radical (unpaired) electrons. The van der Waals surface area contributed by atoms with E-state index in [1.54, 1.807) is 73.8 Å². The molecule has 0 unspecified atom stereocenters. The summed E-state index contributed by atoms with van der Waals surface area (Å²) >= 11 is 0. The van der Waals surface area contributed by atoms with E-state index in [-0.39, 0.29) is 18.3 Å². The van der Waals surface area contributed by atoms with Crippen LogP contribution in [0, 0.1) is 0 Å². The molecule has 0 saturated carbocycles. The minimum Gasteiger partial charge on any atom is -0.497 e. The largest absolute Gasteiger partial charge is 0.497 e. The van der Waals surface area contributed by atoms with E-state index in [2.05, 4.69) is 5.32 Å². The van der Waals surface area contributed by atoms with E-state index in [9.17, 15) is 9.59 Å². The molecule has 0 atom stereocenters. The first-order chi connectivity index (χ1) is 14.1. The molecule has 148 valence electrons. The first-order valence-corrected chi connectivity index (χ1v) is 8.96. The number of ketones is 1. The molecule has 1 N–H and O–H groups in total. The van der Waals surface area contributed by atoms with Crippen LogP contribution in [-0.2, 0) is 4.79 Å². The van der Waals surface area contributed by atoms with Gasteiger partial charge in [0.05, 0.1) is 19.9 Å². The Morgan fingerprint density at radius 2 is 1.45 bits per heavy atom. The van der Waals surface area contributed by atoms with Crippen molar-refractivity contribution in [2.24, 2.45) is 0 Å². The van der Waals surface area contributed by atoms with Crippen molar-refractivity contribution in [3.63, 3.8) is 0 Å². The number of methoxy groups -OCH3 is 2. The number of carbonyl (C=O) groups is 2. The molecule has 6 nitrogen and oxygen atoms in total. The van der Waals surface area contributed by atoms with Gasteiger partial charge in [-0.05, 0) is 48.5 Å². The third-order valence-corrected chi connectivity index (χ3v) is 4.23. The van der Waals surface area contributed by atoms with Gasteiger partial charge in [0.15, 0.2) is 23.9 Å². The summed E-state index contributed by atoms with van der Waals surface area (Å²) in [5.74, 6) is 1.08. The average molecular weight is 391 g/mol. The van der Waals surface area contributed by atoms with Gasteiger partial charge < -0.3 is 19.5 Å². The minimum atomic E-state index is -0.383. The lowest BCUT2D eigenvalue weighted by Crippen LogP contribution is -2.21. The van der Waals surface area contributed by atoms with E-state index in [1.165, 1.54) is 7.11 Å². The predicted molar refractivity (Wildman–Crippen MR) is 110 cm³/mol. The number of hydrogen-bond acceptors (Lipinski definition) is 5. The second-order valence-electron chi connectivity index (χ2n) is 6.09. The van der Waals surface area contributed by atoms with E-state index >= 15 is 0 Å². The summed E-state index contributed by atoms with van der Waals surface area (Å²) in [5, 5.41) is 2.74. The summed E-state index contributed by atoms with van der Waals surface area (Å²) in [7, 11) is 3.10. The van der Waals surface area contributed by atoms with Crippen LogP contribution < -0.4 is 19.5 Å². The zero-order valence-electron chi connectivity index (χ0n) is 16.2. The summed E-state index contributed by atoms with van der Waals surface area (Å²) in [4.78, 5) is 25.2. The second-order valence-corrected chi connectivity index (χ2v) is 6.09. The van der Waals surface area contributed by atoms with Crippen LogP contribution in [0.3, 0.4) is 0 Å². The number of amides is 1. The Hall–Kier alpha value is -3.80. The highest BCUT2D eigenvalue weighted by Gasteiger charge is 2.16. The predicted octanol–water partition coefficient (Wildman–Crippen LogP) is 3.95. The number of para-hydroxylation sites is 3. The lowest BCUT2D eigenvalue weighted by molar-refractivity contribution is -0.118. The average Bonchev–Trinajstić information content (AvgIpc) is 2.78. The first kappa shape index (κ1) is 19.9. The molecule has 0 aromatic heterocycles. The number of rotatable bonds is 8. The van der Waals surface area contributed by atoms with E-state index in [1.807, 2.05) is 6.07 Å². The molecule has 3 rings (SSSR count). The number of carbonyl (C=O) groups excluding carboxylic acids is 2. The zero-order valence-corrected chi connectivity index (χ0v) is 16.2. The van der Waals surface area contributed by atoms with Crippen LogP contribution in [0.2, 0.25) is 0 Å². The molecule has 3 aromatic rings. The summed E-state index contributed by atoms with van der Waals surface area (Å²) in [6, 6.07) is 20.7. The van der Waals surface area contributed by atoms with Crippen LogP contribution in [-0.4, -0.2) is 32.5 Å². The molecule has 3 aromatic carbocycles. The van der Waals surface area contributed by atoms with Gasteiger partial charge in [0.2, 0.25) is 0 Å². The molecule has 1 amide bonds. The first-order valence-electron chi connectivity index (χ1n) is 8.96. The highest BCUT2D eigenvalue weighted by molar-refractivity contribution is 6.13. The lowest BCUT2D eigenvalue weighted by atomic mass is 10.0. The Labute approximate surface area is 169 Å². The van der Waals surface area contributed by atoms with Gasteiger partial charge in [-0.2, -0.15) is 0 Å². The Bertz CT molecular complexity index is 998. The van der Waals surface area contributed by atoms with Crippen molar-refractivity contribution in [1.82, 2.24) is 0 Å². The van der Waals surface area contributed by atoms with Crippen LogP contribution in [0.5, 0.6) is 17.2 Å². The summed E-state index contributed by atoms with van der Waals surface area (Å²) < 4.78 is 15.9. The summed E-state index contributed by atoms with van der Waals surface area (Å²) in [5.41, 5.74) is 1.31. The van der Waals surface area contributed by atoms with Crippen molar-refractivity contribution >= 4 is 17.4 Å². The van der Waals surface area contributed by atoms with Crippen molar-refractivity contribution in [3.8, 4) is 17.2 Å². The number of benzene rings is 3. The number of nitrogens with one attached hydrogen (secondary N) is 1. The Morgan fingerprint density at radius 3 is 2.14 bits per heavy atom. The summed E-state index contributed by atoms with van der Waals surface area (Å²) in [6.45, 7) is -0.217. The van der Waals surface area contributed by atoms with Crippen LogP contribution >= 0.6 is 0 Å². The SMILES string of the molecule is COc1ccc(C(=O)c2ccccc2NC(=O)COc2ccccc2OC)cc1. The number of hydrogen-bond donors (Lipinski definition) is 1. The lowest BCUT2D eigenvalue weighted by Gasteiger charge is -2.12. The molecular weight excluding hydrogens is 370 g/mol. The Balaban J connectivity index is 1.71. The minimum absolute atomic E-state index is 0.200. The van der Waals surface area contributed by atoms with Gasteiger partial charge in [-0.25, -0.2) is 0 Å². The van der Waals surface area contributed by atoms with Gasteiger partial charge in [-0.1, -0.05) is 24.3 Å². The Morgan fingerprint density at radius 1 is 0.793 bits per heavy atom. The topological polar surface area (TPSA) is 73.9 Å². The van der Waals surface area contributed by atoms with Gasteiger partial charge in [-0.15, -0.1) is 0 Å². The van der Waals surface area contributed by atoms with E-state index in [0.717, 1.165) is 0 Å². The second kappa shape index (κ2) is 9.41. The monoisotopic (exact) mass is 391 g/mol. The van der Waals surface area contributed by atoms with Crippen molar-refractivity contribution in [1.29, 1.82) is 0 Å². The molecule has 0 bridgehead atoms. The van der Waals surface area contributed by atoms with Gasteiger partial charge in [0.1, 0.15) is 5.75 Å². The molecule has 0 heterocycles. The molecule has 29 heavy (non-hydrogen) atoms. The van der Waals surface area contributed by atoms with Crippen LogP contribution in [0.25, 0.3) is 0 Å². The van der Waals surface area contributed by atoms with Gasteiger partial charge in [-0.3, -0.25) is 9.59 Å². The molecule has 0 spiro atoms. The smallest absolute Gasteiger partial charge is 0.262 e. The van der Waals surface area contributed by atoms with Crippen LogP contribution in [0.15, 0.2) is 72.8 Å². The quantitative estimate of drug-likeness (QED) is 0.589. The maximum Gasteiger partial charge on any atom is 0.262 e. The fraction of sp³-hybridized carbons (Fsp3) is 0.130. The van der Waals surface area contributed by atoms with Crippen molar-refractivity contribution in [3.05, 3.63) is 83.9 Å². The highest BCUT2D eigenvalue weighted by Crippen LogP contribution is 2.26. The van der Waals surface area contributed by atoms with E-state index in [4.69, 9.17) is 14.2 Å². The fourth-order valence-electron chi connectivity index (χ4n) is 2.76. The van der Waals surface area contributed by atoms with Crippen molar-refractivity contribution in [2.45, 2.75) is 0 Å². The molecular formula is C23H21NO5. The molecule has 0 aliphatic heterocycles. The maximum atomic E-state index is 12.9. The Kier molecular flexibility index (Phi) is 6.47. The van der Waals surface area contributed by atoms with Crippen LogP contribution in [0.1, 0.15) is 15.9 Å². The van der Waals surface area contributed by atoms with Crippen molar-refractivity contribution < 1.29 is 23.8 Å². The third-order valence-electron chi connectivity index (χ3n) is 4.23. The van der Waals surface area contributed by atoms with Gasteiger partial charge in [0.25, 0.3) is 5.91 Å². The molecule has 0 saturated heterocycles. The molecule has 0 aliphatic rings. The van der Waals surface area contributed by atoms with Crippen molar-refractivity contribution in [2.75, 3.05) is 26.1 Å². The standard InChI is InChI=1S/C23H21NO5/c1-27-17-13-11-16(12-14-17)23(26)18-7-3-4-8-19(18)24-22(25)15-29-21-10-6-5-9-20(21)28-2/h3-14H,15H2,1-2H3,(H,24,25). The normalized spacial score (nSPS) is 10.1. The maximum absolute atomic E-state index is 12.9. The van der Waals surface area contributed by atoms with Gasteiger partial charge in [0, 0.05) is 11.1 Å². The molecule has 6 heteroatoms. The molecule has 0 aliphatic carbocycles. The van der Waals surface area contributed by atoms with Crippen LogP contribution in [0.4, 0.5) is 5.69 Å². The number of anilines is 1. The zero-order chi connectivity index (χ0) is 20.6. The summed E-state index contributed by atoms with van der Waals surface area (Å²) in [6.07, 6.45) is 0. The highest BCUT2D eigenvalue weighted by atomic mass is 16.5. The van der Waals surface area contributed by atoms with E-state index < -0.39 is 0 Å². The van der Waals surface area contributed by atoms with Gasteiger partial charge >= 0.3 is 0 Å². The van der Waals surface area contributed by atoms with E-state index in [0.29, 0.717) is 34.1 Å². The molecule has 0 fully saturated rings. The fourth-order valence-corrected chi connectivity index (χ4v) is 2.76. The third kappa shape index (κ3) is 4.93. The number of ether oxygens (including phenoxy) is 3.